The molecule has 1 N–H and O–H groups in total. The molecule has 0 aromatic carbocycles. The number of aliphatic carboxylic acids is 1. The summed E-state index contributed by atoms with van der Waals surface area (Å²) in [7, 11) is 3.93. The number of halogens is 1. The van der Waals surface area contributed by atoms with E-state index in [2.05, 4.69) is 0 Å². The van der Waals surface area contributed by atoms with Crippen molar-refractivity contribution < 1.29 is 9.90 Å². The van der Waals surface area contributed by atoms with Crippen molar-refractivity contribution in [2.45, 2.75) is 31.7 Å². The van der Waals surface area contributed by atoms with Crippen LogP contribution >= 0.6 is 12.4 Å². The van der Waals surface area contributed by atoms with Gasteiger partial charge in [-0.15, -0.1) is 12.4 Å². The standard InChI is InChI=1S/C9H17NO2.ClH/c1-10(2)8-6-4-3-5-7(8)9(11)12;/h7-8H,3-6H2,1-2H3,(H,11,12);1H. The molecule has 1 saturated carbocycles. The molecule has 13 heavy (non-hydrogen) atoms. The monoisotopic (exact) mass is 207 g/mol. The fraction of sp³-hybridized carbons (Fsp3) is 0.889. The second kappa shape index (κ2) is 5.45. The van der Waals surface area contributed by atoms with Crippen LogP contribution in [-0.4, -0.2) is 36.1 Å². The minimum Gasteiger partial charge on any atom is -0.481 e. The number of hydrogen-bond donors (Lipinski definition) is 1. The molecule has 1 aliphatic rings. The molecule has 0 aliphatic heterocycles. The summed E-state index contributed by atoms with van der Waals surface area (Å²) in [5.74, 6) is -0.776. The second-order valence-corrected chi connectivity index (χ2v) is 3.76. The number of nitrogens with zero attached hydrogens (tertiary/aromatic N) is 1. The van der Waals surface area contributed by atoms with E-state index in [0.29, 0.717) is 0 Å². The van der Waals surface area contributed by atoms with Crippen LogP contribution in [0.3, 0.4) is 0 Å². The van der Waals surface area contributed by atoms with E-state index in [1.807, 2.05) is 19.0 Å². The van der Waals surface area contributed by atoms with Crippen molar-refractivity contribution in [3.05, 3.63) is 0 Å². The Hall–Kier alpha value is -0.280. The zero-order valence-electron chi connectivity index (χ0n) is 8.19. The van der Waals surface area contributed by atoms with Crippen molar-refractivity contribution in [2.24, 2.45) is 5.92 Å². The largest absolute Gasteiger partial charge is 0.481 e. The van der Waals surface area contributed by atoms with Crippen LogP contribution in [0.25, 0.3) is 0 Å². The van der Waals surface area contributed by atoms with E-state index in [0.717, 1.165) is 19.3 Å². The summed E-state index contributed by atoms with van der Waals surface area (Å²) in [6.45, 7) is 0. The van der Waals surface area contributed by atoms with Crippen LogP contribution in [0.2, 0.25) is 0 Å². The van der Waals surface area contributed by atoms with Crippen LogP contribution in [-0.2, 0) is 4.79 Å². The van der Waals surface area contributed by atoms with E-state index >= 15 is 0 Å². The normalized spacial score (nSPS) is 28.2. The Balaban J connectivity index is 0.00000144. The lowest BCUT2D eigenvalue weighted by atomic mass is 9.84. The first kappa shape index (κ1) is 12.7. The van der Waals surface area contributed by atoms with Crippen LogP contribution in [0, 0.1) is 5.92 Å². The van der Waals surface area contributed by atoms with Gasteiger partial charge in [0.25, 0.3) is 0 Å². The van der Waals surface area contributed by atoms with Gasteiger partial charge in [0, 0.05) is 6.04 Å². The zero-order chi connectivity index (χ0) is 9.14. The van der Waals surface area contributed by atoms with Crippen molar-refractivity contribution in [3.63, 3.8) is 0 Å². The van der Waals surface area contributed by atoms with Crippen LogP contribution in [0.15, 0.2) is 0 Å². The highest BCUT2D eigenvalue weighted by Gasteiger charge is 2.31. The van der Waals surface area contributed by atoms with E-state index in [9.17, 15) is 4.79 Å². The van der Waals surface area contributed by atoms with Crippen molar-refractivity contribution in [3.8, 4) is 0 Å². The molecule has 78 valence electrons. The van der Waals surface area contributed by atoms with Crippen molar-refractivity contribution in [2.75, 3.05) is 14.1 Å². The average molecular weight is 208 g/mol. The molecule has 0 aromatic heterocycles. The summed E-state index contributed by atoms with van der Waals surface area (Å²) in [6.07, 6.45) is 4.12. The number of carboxylic acids is 1. The fourth-order valence-electron chi connectivity index (χ4n) is 2.02. The van der Waals surface area contributed by atoms with Crippen LogP contribution in [0.1, 0.15) is 25.7 Å². The summed E-state index contributed by atoms with van der Waals surface area (Å²) >= 11 is 0. The van der Waals surface area contributed by atoms with E-state index in [1.54, 1.807) is 0 Å². The first-order chi connectivity index (χ1) is 5.63. The molecule has 1 rings (SSSR count). The highest BCUT2D eigenvalue weighted by atomic mass is 35.5. The van der Waals surface area contributed by atoms with Gasteiger partial charge in [-0.25, -0.2) is 0 Å². The van der Waals surface area contributed by atoms with Gasteiger partial charge in [-0.05, 0) is 26.9 Å². The molecule has 0 aromatic rings. The molecule has 1 aliphatic carbocycles. The third-order valence-electron chi connectivity index (χ3n) is 2.71. The zero-order valence-corrected chi connectivity index (χ0v) is 9.01. The number of hydrogen-bond acceptors (Lipinski definition) is 2. The Morgan fingerprint density at radius 1 is 1.31 bits per heavy atom. The topological polar surface area (TPSA) is 40.5 Å². The minimum atomic E-state index is -0.631. The molecular weight excluding hydrogens is 190 g/mol. The molecule has 3 nitrogen and oxygen atoms in total. The van der Waals surface area contributed by atoms with Gasteiger partial charge >= 0.3 is 5.97 Å². The van der Waals surface area contributed by atoms with Gasteiger partial charge in [0.15, 0.2) is 0 Å². The van der Waals surface area contributed by atoms with Crippen molar-refractivity contribution >= 4 is 18.4 Å². The Labute approximate surface area is 85.5 Å². The number of rotatable bonds is 2. The molecule has 0 spiro atoms. The molecule has 0 saturated heterocycles. The van der Waals surface area contributed by atoms with Crippen LogP contribution in [0.4, 0.5) is 0 Å². The molecular formula is C9H18ClNO2. The summed E-state index contributed by atoms with van der Waals surface area (Å²) in [5, 5.41) is 8.93. The van der Waals surface area contributed by atoms with Gasteiger partial charge < -0.3 is 10.0 Å². The second-order valence-electron chi connectivity index (χ2n) is 3.76. The summed E-state index contributed by atoms with van der Waals surface area (Å²) in [5.41, 5.74) is 0. The predicted molar refractivity (Wildman–Crippen MR) is 54.3 cm³/mol. The number of carboxylic acid groups (broad SMARTS) is 1. The minimum absolute atomic E-state index is 0. The van der Waals surface area contributed by atoms with Gasteiger partial charge in [0.2, 0.25) is 0 Å². The summed E-state index contributed by atoms with van der Waals surface area (Å²) in [4.78, 5) is 12.9. The number of carbonyl (C=O) groups is 1. The molecule has 0 bridgehead atoms. The quantitative estimate of drug-likeness (QED) is 0.748. The Kier molecular flexibility index (Phi) is 5.33. The Morgan fingerprint density at radius 3 is 2.23 bits per heavy atom. The highest BCUT2D eigenvalue weighted by molar-refractivity contribution is 5.85. The molecule has 2 unspecified atom stereocenters. The third-order valence-corrected chi connectivity index (χ3v) is 2.71. The van der Waals surface area contributed by atoms with E-state index in [4.69, 9.17) is 5.11 Å². The average Bonchev–Trinajstić information content (AvgIpc) is 2.04. The van der Waals surface area contributed by atoms with Gasteiger partial charge in [0.05, 0.1) is 5.92 Å². The lowest BCUT2D eigenvalue weighted by Crippen LogP contribution is -2.41. The predicted octanol–water partition coefficient (Wildman–Crippen LogP) is 1.61. The third kappa shape index (κ3) is 3.16. The van der Waals surface area contributed by atoms with Gasteiger partial charge in [-0.3, -0.25) is 4.79 Å². The van der Waals surface area contributed by atoms with Gasteiger partial charge in [0.1, 0.15) is 0 Å². The lowest BCUT2D eigenvalue weighted by molar-refractivity contribution is -0.145. The molecule has 2 atom stereocenters. The molecule has 4 heteroatoms. The van der Waals surface area contributed by atoms with E-state index < -0.39 is 5.97 Å². The maximum Gasteiger partial charge on any atom is 0.308 e. The fourth-order valence-corrected chi connectivity index (χ4v) is 2.02. The highest BCUT2D eigenvalue weighted by Crippen LogP contribution is 2.27. The maximum atomic E-state index is 10.8. The molecule has 0 amide bonds. The van der Waals surface area contributed by atoms with Crippen molar-refractivity contribution in [1.29, 1.82) is 0 Å². The van der Waals surface area contributed by atoms with Gasteiger partial charge in [-0.2, -0.15) is 0 Å². The Bertz CT molecular complexity index is 173. The van der Waals surface area contributed by atoms with Crippen LogP contribution in [0.5, 0.6) is 0 Å². The van der Waals surface area contributed by atoms with E-state index in [-0.39, 0.29) is 24.4 Å². The Morgan fingerprint density at radius 2 is 1.85 bits per heavy atom. The van der Waals surface area contributed by atoms with Crippen molar-refractivity contribution in [1.82, 2.24) is 4.90 Å². The summed E-state index contributed by atoms with van der Waals surface area (Å²) in [6, 6.07) is 0.247. The SMILES string of the molecule is CN(C)C1CCCCC1C(=O)O.Cl. The maximum absolute atomic E-state index is 10.8. The summed E-state index contributed by atoms with van der Waals surface area (Å²) < 4.78 is 0. The van der Waals surface area contributed by atoms with Crippen LogP contribution < -0.4 is 0 Å². The van der Waals surface area contributed by atoms with Gasteiger partial charge in [-0.1, -0.05) is 12.8 Å². The first-order valence-electron chi connectivity index (χ1n) is 4.52. The first-order valence-corrected chi connectivity index (χ1v) is 4.52. The lowest BCUT2D eigenvalue weighted by Gasteiger charge is -2.33. The molecule has 0 radical (unpaired) electrons. The molecule has 1 fully saturated rings. The molecule has 0 heterocycles. The van der Waals surface area contributed by atoms with E-state index in [1.165, 1.54) is 6.42 Å². The smallest absolute Gasteiger partial charge is 0.308 e.